The number of hydrogen-bond donors (Lipinski definition) is 2. The van der Waals surface area contributed by atoms with E-state index in [4.69, 9.17) is 16.3 Å². The van der Waals surface area contributed by atoms with Crippen molar-refractivity contribution in [2.45, 2.75) is 25.8 Å². The second-order valence-corrected chi connectivity index (χ2v) is 8.59. The van der Waals surface area contributed by atoms with E-state index in [1.165, 1.54) is 11.3 Å². The third kappa shape index (κ3) is 5.17. The van der Waals surface area contributed by atoms with Crippen LogP contribution in [0.2, 0.25) is 5.02 Å². The first-order valence-corrected chi connectivity index (χ1v) is 11.4. The van der Waals surface area contributed by atoms with Crippen LogP contribution in [-0.2, 0) is 0 Å². The van der Waals surface area contributed by atoms with Gasteiger partial charge in [-0.05, 0) is 62.2 Å². The zero-order valence-corrected chi connectivity index (χ0v) is 18.9. The Morgan fingerprint density at radius 1 is 1.16 bits per heavy atom. The molecule has 0 bridgehead atoms. The zero-order valence-electron chi connectivity index (χ0n) is 17.4. The number of amides is 3. The molecule has 0 aliphatic carbocycles. The number of halogens is 1. The Balaban J connectivity index is 1.41. The topological polar surface area (TPSA) is 96.4 Å². The Kier molecular flexibility index (Phi) is 6.87. The number of hydrogen-bond acceptors (Lipinski definition) is 6. The maximum atomic E-state index is 12.9. The van der Waals surface area contributed by atoms with Gasteiger partial charge in [-0.25, -0.2) is 4.79 Å². The highest BCUT2D eigenvalue weighted by molar-refractivity contribution is 7.13. The maximum absolute atomic E-state index is 12.9. The molecule has 1 atom stereocenters. The molecular weight excluding hydrogens is 450 g/mol. The fraction of sp³-hybridized carbons (Fsp3) is 0.273. The summed E-state index contributed by atoms with van der Waals surface area (Å²) in [6.45, 7) is 3.11. The van der Waals surface area contributed by atoms with Crippen molar-refractivity contribution in [3.63, 3.8) is 0 Å². The van der Waals surface area contributed by atoms with E-state index in [0.29, 0.717) is 34.6 Å². The first-order valence-electron chi connectivity index (χ1n) is 10.2. The molecule has 3 amide bonds. The van der Waals surface area contributed by atoms with Crippen LogP contribution in [0.25, 0.3) is 0 Å². The fourth-order valence-corrected chi connectivity index (χ4v) is 4.55. The predicted molar refractivity (Wildman–Crippen MR) is 125 cm³/mol. The number of ether oxygens (including phenoxy) is 1. The van der Waals surface area contributed by atoms with Gasteiger partial charge < -0.3 is 20.3 Å². The van der Waals surface area contributed by atoms with Gasteiger partial charge in [0, 0.05) is 22.9 Å². The molecule has 3 aromatic rings. The van der Waals surface area contributed by atoms with Gasteiger partial charge >= 0.3 is 6.03 Å². The summed E-state index contributed by atoms with van der Waals surface area (Å²) in [6, 6.07) is 13.7. The second-order valence-electron chi connectivity index (χ2n) is 7.15. The smallest absolute Gasteiger partial charge is 0.322 e. The van der Waals surface area contributed by atoms with Crippen LogP contribution in [0.1, 0.15) is 40.6 Å². The summed E-state index contributed by atoms with van der Waals surface area (Å²) in [7, 11) is 0. The molecule has 10 heteroatoms. The Morgan fingerprint density at radius 3 is 2.72 bits per heavy atom. The number of nitrogens with zero attached hydrogens (tertiary/aromatic N) is 3. The molecule has 166 valence electrons. The summed E-state index contributed by atoms with van der Waals surface area (Å²) in [5.41, 5.74) is 1.26. The van der Waals surface area contributed by atoms with E-state index in [-0.39, 0.29) is 23.0 Å². The van der Waals surface area contributed by atoms with E-state index < -0.39 is 0 Å². The van der Waals surface area contributed by atoms with E-state index in [2.05, 4.69) is 20.8 Å². The van der Waals surface area contributed by atoms with Gasteiger partial charge in [-0.1, -0.05) is 29.0 Å². The summed E-state index contributed by atoms with van der Waals surface area (Å²) in [5, 5.41) is 15.3. The van der Waals surface area contributed by atoms with Gasteiger partial charge in [-0.15, -0.1) is 10.2 Å². The SMILES string of the molecule is CCOc1ccc(NC(=O)N2CCCC2c2nnc(C(=O)Nc3cccc(Cl)c3)s2)cc1. The molecule has 2 N–H and O–H groups in total. The first kappa shape index (κ1) is 22.0. The molecule has 1 aliphatic heterocycles. The predicted octanol–water partition coefficient (Wildman–Crippen LogP) is 5.21. The Morgan fingerprint density at radius 2 is 1.97 bits per heavy atom. The quantitative estimate of drug-likeness (QED) is 0.514. The minimum atomic E-state index is -0.362. The van der Waals surface area contributed by atoms with E-state index in [0.717, 1.165) is 18.6 Å². The highest BCUT2D eigenvalue weighted by atomic mass is 35.5. The summed E-state index contributed by atoms with van der Waals surface area (Å²) in [4.78, 5) is 27.1. The molecule has 1 aliphatic rings. The highest BCUT2D eigenvalue weighted by Crippen LogP contribution is 2.34. The average Bonchev–Trinajstić information content (AvgIpc) is 3.45. The summed E-state index contributed by atoms with van der Waals surface area (Å²) in [6.07, 6.45) is 1.62. The molecule has 4 rings (SSSR count). The molecule has 0 radical (unpaired) electrons. The zero-order chi connectivity index (χ0) is 22.5. The van der Waals surface area contributed by atoms with Crippen LogP contribution in [0, 0.1) is 0 Å². The van der Waals surface area contributed by atoms with Crippen LogP contribution >= 0.6 is 22.9 Å². The van der Waals surface area contributed by atoms with Gasteiger partial charge in [0.2, 0.25) is 5.01 Å². The van der Waals surface area contributed by atoms with Gasteiger partial charge in [-0.2, -0.15) is 0 Å². The Hall–Kier alpha value is -3.17. The average molecular weight is 472 g/mol. The largest absolute Gasteiger partial charge is 0.494 e. The lowest BCUT2D eigenvalue weighted by molar-refractivity contribution is 0.102. The molecule has 32 heavy (non-hydrogen) atoms. The third-order valence-corrected chi connectivity index (χ3v) is 6.19. The molecule has 0 saturated carbocycles. The number of likely N-dealkylation sites (tertiary alicyclic amines) is 1. The molecule has 1 aromatic heterocycles. The van der Waals surface area contributed by atoms with Crippen molar-refractivity contribution in [1.29, 1.82) is 0 Å². The van der Waals surface area contributed by atoms with E-state index >= 15 is 0 Å². The first-order chi connectivity index (χ1) is 15.5. The Bertz CT molecular complexity index is 1100. The van der Waals surface area contributed by atoms with Crippen LogP contribution in [0.4, 0.5) is 16.2 Å². The molecular formula is C22H22ClN5O3S. The summed E-state index contributed by atoms with van der Waals surface area (Å²) < 4.78 is 5.43. The fourth-order valence-electron chi connectivity index (χ4n) is 3.47. The van der Waals surface area contributed by atoms with Crippen molar-refractivity contribution >= 4 is 46.3 Å². The molecule has 1 fully saturated rings. The molecule has 0 spiro atoms. The third-order valence-electron chi connectivity index (χ3n) is 4.93. The van der Waals surface area contributed by atoms with Gasteiger partial charge in [0.05, 0.1) is 12.6 Å². The van der Waals surface area contributed by atoms with E-state index in [1.54, 1.807) is 41.3 Å². The van der Waals surface area contributed by atoms with Crippen LogP contribution in [0.5, 0.6) is 5.75 Å². The minimum Gasteiger partial charge on any atom is -0.494 e. The lowest BCUT2D eigenvalue weighted by Crippen LogP contribution is -2.34. The lowest BCUT2D eigenvalue weighted by atomic mass is 10.2. The Labute approximate surface area is 194 Å². The van der Waals surface area contributed by atoms with Crippen molar-refractivity contribution in [2.75, 3.05) is 23.8 Å². The number of benzene rings is 2. The van der Waals surface area contributed by atoms with Crippen molar-refractivity contribution < 1.29 is 14.3 Å². The van der Waals surface area contributed by atoms with Gasteiger partial charge in [0.1, 0.15) is 10.8 Å². The standard InChI is InChI=1S/C22H22ClN5O3S/c1-2-31-17-10-8-15(9-11-17)25-22(30)28-12-4-7-18(28)20-26-27-21(32-20)19(29)24-16-6-3-5-14(23)13-16/h3,5-6,8-11,13,18H,2,4,7,12H2,1H3,(H,24,29)(H,25,30). The number of aromatic nitrogens is 2. The summed E-state index contributed by atoms with van der Waals surface area (Å²) in [5.74, 6) is 0.390. The van der Waals surface area contributed by atoms with Crippen LogP contribution in [-0.4, -0.2) is 40.2 Å². The van der Waals surface area contributed by atoms with Crippen molar-refractivity contribution in [2.24, 2.45) is 0 Å². The molecule has 2 heterocycles. The number of anilines is 2. The van der Waals surface area contributed by atoms with Crippen molar-refractivity contribution in [3.8, 4) is 5.75 Å². The van der Waals surface area contributed by atoms with Crippen LogP contribution < -0.4 is 15.4 Å². The number of urea groups is 1. The monoisotopic (exact) mass is 471 g/mol. The normalized spacial score (nSPS) is 15.4. The van der Waals surface area contributed by atoms with Crippen LogP contribution in [0.15, 0.2) is 48.5 Å². The number of nitrogens with one attached hydrogen (secondary N) is 2. The maximum Gasteiger partial charge on any atom is 0.322 e. The lowest BCUT2D eigenvalue weighted by Gasteiger charge is -2.23. The minimum absolute atomic E-state index is 0.211. The van der Waals surface area contributed by atoms with Crippen LogP contribution in [0.3, 0.4) is 0 Å². The summed E-state index contributed by atoms with van der Waals surface area (Å²) >= 11 is 7.15. The second kappa shape index (κ2) is 9.97. The molecule has 8 nitrogen and oxygen atoms in total. The van der Waals surface area contributed by atoms with E-state index in [1.807, 2.05) is 19.1 Å². The van der Waals surface area contributed by atoms with Gasteiger partial charge in [-0.3, -0.25) is 4.79 Å². The van der Waals surface area contributed by atoms with Gasteiger partial charge in [0.15, 0.2) is 0 Å². The molecule has 2 aromatic carbocycles. The number of carbonyl (C=O) groups excluding carboxylic acids is 2. The molecule has 1 unspecified atom stereocenters. The van der Waals surface area contributed by atoms with Crippen molar-refractivity contribution in [1.82, 2.24) is 15.1 Å². The highest BCUT2D eigenvalue weighted by Gasteiger charge is 2.33. The number of carbonyl (C=O) groups is 2. The number of rotatable bonds is 6. The van der Waals surface area contributed by atoms with Gasteiger partial charge in [0.25, 0.3) is 5.91 Å². The van der Waals surface area contributed by atoms with Crippen molar-refractivity contribution in [3.05, 3.63) is 63.6 Å². The van der Waals surface area contributed by atoms with E-state index in [9.17, 15) is 9.59 Å². The molecule has 1 saturated heterocycles.